The molecular weight excluding hydrogens is 172 g/mol. The van der Waals surface area contributed by atoms with Gasteiger partial charge in [0, 0.05) is 24.9 Å². The van der Waals surface area contributed by atoms with E-state index in [4.69, 9.17) is 0 Å². The molecule has 0 amide bonds. The molecule has 0 atom stereocenters. The van der Waals surface area contributed by atoms with Crippen molar-refractivity contribution in [3.8, 4) is 0 Å². The second-order valence-corrected chi connectivity index (χ2v) is 4.52. The van der Waals surface area contributed by atoms with Crippen molar-refractivity contribution >= 4 is 0 Å². The molecule has 0 radical (unpaired) electrons. The van der Waals surface area contributed by atoms with Crippen molar-refractivity contribution in [3.63, 3.8) is 0 Å². The zero-order chi connectivity index (χ0) is 9.97. The Bertz CT molecular complexity index is 282. The number of hydrogen-bond acceptors (Lipinski definition) is 1. The summed E-state index contributed by atoms with van der Waals surface area (Å²) in [7, 11) is 0. The highest BCUT2D eigenvalue weighted by molar-refractivity contribution is 4.95. The lowest BCUT2D eigenvalue weighted by atomic mass is 9.87. The van der Waals surface area contributed by atoms with Gasteiger partial charge in [-0.1, -0.05) is 13.8 Å². The van der Waals surface area contributed by atoms with Crippen LogP contribution >= 0.6 is 0 Å². The smallest absolute Gasteiger partial charge is 0.108 e. The van der Waals surface area contributed by atoms with E-state index in [0.717, 1.165) is 18.4 Å². The van der Waals surface area contributed by atoms with Gasteiger partial charge >= 0.3 is 0 Å². The second kappa shape index (κ2) is 4.16. The Morgan fingerprint density at radius 1 is 1.36 bits per heavy atom. The lowest BCUT2D eigenvalue weighted by Gasteiger charge is -2.28. The Balaban J connectivity index is 2.08. The van der Waals surface area contributed by atoms with Crippen molar-refractivity contribution in [1.29, 1.82) is 0 Å². The Morgan fingerprint density at radius 3 is 2.71 bits per heavy atom. The van der Waals surface area contributed by atoms with Gasteiger partial charge in [0.05, 0.1) is 0 Å². The van der Waals surface area contributed by atoms with E-state index in [9.17, 15) is 0 Å². The van der Waals surface area contributed by atoms with Gasteiger partial charge in [-0.25, -0.2) is 4.98 Å². The van der Waals surface area contributed by atoms with Crippen molar-refractivity contribution in [2.75, 3.05) is 0 Å². The molecule has 2 nitrogen and oxygen atoms in total. The first-order chi connectivity index (χ1) is 6.81. The number of aryl methyl sites for hydroxylation is 1. The third kappa shape index (κ3) is 1.84. The van der Waals surface area contributed by atoms with Gasteiger partial charge in [0.25, 0.3) is 0 Å². The first-order valence-electron chi connectivity index (χ1n) is 5.83. The van der Waals surface area contributed by atoms with Crippen LogP contribution in [0, 0.1) is 5.92 Å². The van der Waals surface area contributed by atoms with E-state index in [1.165, 1.54) is 31.5 Å². The van der Waals surface area contributed by atoms with Gasteiger partial charge in [0.15, 0.2) is 0 Å². The van der Waals surface area contributed by atoms with E-state index in [1.807, 2.05) is 6.20 Å². The predicted octanol–water partition coefficient (Wildman–Crippen LogP) is 3.20. The van der Waals surface area contributed by atoms with Crippen LogP contribution < -0.4 is 0 Å². The lowest BCUT2D eigenvalue weighted by Crippen LogP contribution is -2.17. The molecule has 2 heteroatoms. The maximum absolute atomic E-state index is 4.39. The molecule has 0 spiro atoms. The standard InChI is InChI=1S/C12H20N2/c1-3-12-13-8-9-14(12)11-6-4-10(2)5-7-11/h8-11H,3-7H2,1-2H3. The molecule has 1 saturated carbocycles. The molecule has 1 aromatic heterocycles. The van der Waals surface area contributed by atoms with Crippen LogP contribution in [-0.4, -0.2) is 9.55 Å². The third-order valence-corrected chi connectivity index (χ3v) is 3.44. The number of rotatable bonds is 2. The molecule has 1 aromatic rings. The minimum Gasteiger partial charge on any atom is -0.332 e. The maximum atomic E-state index is 4.39. The summed E-state index contributed by atoms with van der Waals surface area (Å²) in [5, 5.41) is 0. The minimum atomic E-state index is 0.726. The monoisotopic (exact) mass is 192 g/mol. The van der Waals surface area contributed by atoms with Crippen LogP contribution in [-0.2, 0) is 6.42 Å². The van der Waals surface area contributed by atoms with Crippen LogP contribution in [0.3, 0.4) is 0 Å². The summed E-state index contributed by atoms with van der Waals surface area (Å²) in [4.78, 5) is 4.39. The molecule has 1 aliphatic carbocycles. The molecule has 1 heterocycles. The highest BCUT2D eigenvalue weighted by Gasteiger charge is 2.20. The van der Waals surface area contributed by atoms with Crippen LogP contribution in [0.5, 0.6) is 0 Å². The van der Waals surface area contributed by atoms with Crippen molar-refractivity contribution in [2.45, 2.75) is 52.0 Å². The number of nitrogens with zero attached hydrogens (tertiary/aromatic N) is 2. The van der Waals surface area contributed by atoms with E-state index in [0.29, 0.717) is 0 Å². The fourth-order valence-electron chi connectivity index (χ4n) is 2.47. The topological polar surface area (TPSA) is 17.8 Å². The van der Waals surface area contributed by atoms with Crippen molar-refractivity contribution in [2.24, 2.45) is 5.92 Å². The summed E-state index contributed by atoms with van der Waals surface area (Å²) in [6.07, 6.45) is 10.6. The summed E-state index contributed by atoms with van der Waals surface area (Å²) in [5.74, 6) is 2.18. The number of imidazole rings is 1. The maximum Gasteiger partial charge on any atom is 0.108 e. The summed E-state index contributed by atoms with van der Waals surface area (Å²) >= 11 is 0. The molecule has 2 rings (SSSR count). The van der Waals surface area contributed by atoms with Crippen LogP contribution in [0.2, 0.25) is 0 Å². The molecule has 0 aromatic carbocycles. The van der Waals surface area contributed by atoms with Crippen molar-refractivity contribution in [3.05, 3.63) is 18.2 Å². The van der Waals surface area contributed by atoms with E-state index in [-0.39, 0.29) is 0 Å². The fourth-order valence-corrected chi connectivity index (χ4v) is 2.47. The van der Waals surface area contributed by atoms with Crippen LogP contribution in [0.15, 0.2) is 12.4 Å². The Kier molecular flexibility index (Phi) is 2.90. The Morgan fingerprint density at radius 2 is 2.07 bits per heavy atom. The van der Waals surface area contributed by atoms with E-state index >= 15 is 0 Å². The van der Waals surface area contributed by atoms with Gasteiger partial charge in [-0.15, -0.1) is 0 Å². The fraction of sp³-hybridized carbons (Fsp3) is 0.750. The molecule has 0 bridgehead atoms. The average Bonchev–Trinajstić information content (AvgIpc) is 2.67. The number of hydrogen-bond donors (Lipinski definition) is 0. The van der Waals surface area contributed by atoms with Gasteiger partial charge in [0.1, 0.15) is 5.82 Å². The van der Waals surface area contributed by atoms with Gasteiger partial charge in [-0.05, 0) is 31.6 Å². The summed E-state index contributed by atoms with van der Waals surface area (Å²) in [6.45, 7) is 4.55. The molecule has 1 aliphatic rings. The highest BCUT2D eigenvalue weighted by Crippen LogP contribution is 2.32. The molecule has 1 fully saturated rings. The van der Waals surface area contributed by atoms with Gasteiger partial charge in [-0.3, -0.25) is 0 Å². The van der Waals surface area contributed by atoms with Gasteiger partial charge in [0.2, 0.25) is 0 Å². The zero-order valence-corrected chi connectivity index (χ0v) is 9.24. The van der Waals surface area contributed by atoms with Crippen LogP contribution in [0.25, 0.3) is 0 Å². The average molecular weight is 192 g/mol. The van der Waals surface area contributed by atoms with E-state index in [2.05, 4.69) is 29.6 Å². The first kappa shape index (κ1) is 9.75. The lowest BCUT2D eigenvalue weighted by molar-refractivity contribution is 0.285. The van der Waals surface area contributed by atoms with Crippen molar-refractivity contribution < 1.29 is 0 Å². The summed E-state index contributed by atoms with van der Waals surface area (Å²) in [5.41, 5.74) is 0. The first-order valence-corrected chi connectivity index (χ1v) is 5.83. The van der Waals surface area contributed by atoms with Crippen LogP contribution in [0.1, 0.15) is 51.4 Å². The molecule has 78 valence electrons. The highest BCUT2D eigenvalue weighted by atomic mass is 15.1. The molecule has 0 N–H and O–H groups in total. The van der Waals surface area contributed by atoms with Gasteiger partial charge < -0.3 is 4.57 Å². The SMILES string of the molecule is CCc1nccn1C1CCC(C)CC1. The van der Waals surface area contributed by atoms with Crippen molar-refractivity contribution in [1.82, 2.24) is 9.55 Å². The largest absolute Gasteiger partial charge is 0.332 e. The summed E-state index contributed by atoms with van der Waals surface area (Å²) < 4.78 is 2.39. The molecule has 0 unspecified atom stereocenters. The molecular formula is C12H20N2. The Hall–Kier alpha value is -0.790. The third-order valence-electron chi connectivity index (χ3n) is 3.44. The van der Waals surface area contributed by atoms with Gasteiger partial charge in [-0.2, -0.15) is 0 Å². The minimum absolute atomic E-state index is 0.726. The zero-order valence-electron chi connectivity index (χ0n) is 9.24. The number of aromatic nitrogens is 2. The second-order valence-electron chi connectivity index (χ2n) is 4.52. The summed E-state index contributed by atoms with van der Waals surface area (Å²) in [6, 6.07) is 0.726. The molecule has 0 aliphatic heterocycles. The van der Waals surface area contributed by atoms with E-state index in [1.54, 1.807) is 0 Å². The molecule has 14 heavy (non-hydrogen) atoms. The normalized spacial score (nSPS) is 27.9. The quantitative estimate of drug-likeness (QED) is 0.703. The Labute approximate surface area is 86.3 Å². The van der Waals surface area contributed by atoms with Crippen LogP contribution in [0.4, 0.5) is 0 Å². The predicted molar refractivity (Wildman–Crippen MR) is 58.3 cm³/mol. The molecule has 0 saturated heterocycles. The van der Waals surface area contributed by atoms with E-state index < -0.39 is 0 Å².